The average Bonchev–Trinajstić information content (AvgIpc) is 2.35. The summed E-state index contributed by atoms with van der Waals surface area (Å²) in [6.45, 7) is 13.4. The SMILES string of the molecule is CP(C)C.CP(C)C.[C-]1=CC=CC1.[Ru+]. The second kappa shape index (κ2) is 16.4. The van der Waals surface area contributed by atoms with Crippen LogP contribution < -0.4 is 0 Å². The molecule has 14 heavy (non-hydrogen) atoms. The number of allylic oxidation sites excluding steroid dienone is 4. The monoisotopic (exact) mass is 319 g/mol. The Hall–Kier alpha value is 0.963. The zero-order chi connectivity index (χ0) is 10.7. The van der Waals surface area contributed by atoms with Gasteiger partial charge in [0.25, 0.3) is 0 Å². The van der Waals surface area contributed by atoms with Crippen molar-refractivity contribution in [1.29, 1.82) is 0 Å². The van der Waals surface area contributed by atoms with E-state index in [1.165, 1.54) is 0 Å². The predicted molar refractivity (Wildman–Crippen MR) is 71.0 cm³/mol. The Morgan fingerprint density at radius 2 is 1.29 bits per heavy atom. The van der Waals surface area contributed by atoms with Gasteiger partial charge < -0.3 is 0 Å². The van der Waals surface area contributed by atoms with Crippen LogP contribution in [0.25, 0.3) is 0 Å². The van der Waals surface area contributed by atoms with Gasteiger partial charge in [0.1, 0.15) is 0 Å². The molecule has 0 aromatic heterocycles. The summed E-state index contributed by atoms with van der Waals surface area (Å²) in [5.41, 5.74) is 0. The molecule has 3 heteroatoms. The molecule has 1 aliphatic carbocycles. The van der Waals surface area contributed by atoms with Crippen molar-refractivity contribution in [2.45, 2.75) is 6.42 Å². The summed E-state index contributed by atoms with van der Waals surface area (Å²) in [5.74, 6) is 0. The van der Waals surface area contributed by atoms with Crippen LogP contribution in [0.4, 0.5) is 0 Å². The van der Waals surface area contributed by atoms with E-state index < -0.39 is 0 Å². The maximum absolute atomic E-state index is 2.99. The molecule has 1 aliphatic rings. The first-order valence-corrected chi connectivity index (χ1v) is 9.77. The zero-order valence-corrected chi connectivity index (χ0v) is 13.7. The van der Waals surface area contributed by atoms with Gasteiger partial charge in [-0.25, -0.2) is 12.2 Å². The molecule has 0 atom stereocenters. The second-order valence-electron chi connectivity index (χ2n) is 3.69. The van der Waals surface area contributed by atoms with Crippen molar-refractivity contribution in [2.24, 2.45) is 0 Å². The minimum absolute atomic E-state index is 0. The first-order valence-electron chi connectivity index (χ1n) is 4.40. The fraction of sp³-hybridized carbons (Fsp3) is 0.636. The first-order chi connectivity index (χ1) is 5.96. The van der Waals surface area contributed by atoms with Gasteiger partial charge >= 0.3 is 19.5 Å². The van der Waals surface area contributed by atoms with E-state index in [-0.39, 0.29) is 19.5 Å². The third-order valence-corrected chi connectivity index (χ3v) is 0.586. The van der Waals surface area contributed by atoms with Gasteiger partial charge in [-0.2, -0.15) is 6.08 Å². The maximum atomic E-state index is 2.99. The first kappa shape index (κ1) is 20.4. The molecule has 1 radical (unpaired) electrons. The molecule has 0 saturated carbocycles. The van der Waals surface area contributed by atoms with Crippen LogP contribution in [0.2, 0.25) is 0 Å². The molecule has 0 aromatic rings. The van der Waals surface area contributed by atoms with E-state index >= 15 is 0 Å². The van der Waals surface area contributed by atoms with Crippen LogP contribution in [-0.4, -0.2) is 40.0 Å². The Morgan fingerprint density at radius 1 is 0.929 bits per heavy atom. The van der Waals surface area contributed by atoms with Crippen LogP contribution in [-0.2, 0) is 19.5 Å². The minimum Gasteiger partial charge on any atom is -0.273 e. The Balaban J connectivity index is -0.000000127. The van der Waals surface area contributed by atoms with E-state index in [0.717, 1.165) is 6.42 Å². The molecular weight excluding hydrogens is 295 g/mol. The third kappa shape index (κ3) is 52.2. The van der Waals surface area contributed by atoms with Crippen molar-refractivity contribution in [3.05, 3.63) is 24.3 Å². The maximum Gasteiger partial charge on any atom is 1.00 e. The Labute approximate surface area is 106 Å². The van der Waals surface area contributed by atoms with Gasteiger partial charge in [0.2, 0.25) is 0 Å². The molecule has 0 saturated heterocycles. The van der Waals surface area contributed by atoms with E-state index in [4.69, 9.17) is 0 Å². The van der Waals surface area contributed by atoms with E-state index in [1.54, 1.807) is 0 Å². The van der Waals surface area contributed by atoms with Crippen LogP contribution in [0.15, 0.2) is 18.2 Å². The molecule has 0 heterocycles. The summed E-state index contributed by atoms with van der Waals surface area (Å²) in [6.07, 6.45) is 10.0. The van der Waals surface area contributed by atoms with Gasteiger partial charge in [0.05, 0.1) is 0 Å². The van der Waals surface area contributed by atoms with Crippen molar-refractivity contribution < 1.29 is 19.5 Å². The average molecular weight is 318 g/mol. The Morgan fingerprint density at radius 3 is 1.36 bits per heavy atom. The summed E-state index contributed by atoms with van der Waals surface area (Å²) in [4.78, 5) is 0. The minimum atomic E-state index is 0. The topological polar surface area (TPSA) is 0 Å². The smallest absolute Gasteiger partial charge is 0.273 e. The van der Waals surface area contributed by atoms with Crippen molar-refractivity contribution in [3.63, 3.8) is 0 Å². The second-order valence-corrected chi connectivity index (χ2v) is 9.05. The zero-order valence-electron chi connectivity index (χ0n) is 10.2. The van der Waals surface area contributed by atoms with E-state index in [1.807, 2.05) is 12.2 Å². The number of rotatable bonds is 0. The molecule has 0 nitrogen and oxygen atoms in total. The van der Waals surface area contributed by atoms with Crippen LogP contribution in [0.5, 0.6) is 0 Å². The number of hydrogen-bond acceptors (Lipinski definition) is 0. The molecule has 0 aromatic carbocycles. The fourth-order valence-electron chi connectivity index (χ4n) is 0.340. The van der Waals surface area contributed by atoms with Crippen LogP contribution in [0.1, 0.15) is 6.42 Å². The molecule has 0 N–H and O–H groups in total. The summed E-state index contributed by atoms with van der Waals surface area (Å²) < 4.78 is 0. The van der Waals surface area contributed by atoms with Crippen molar-refractivity contribution >= 4 is 15.8 Å². The van der Waals surface area contributed by atoms with Crippen molar-refractivity contribution in [3.8, 4) is 0 Å². The van der Waals surface area contributed by atoms with Gasteiger partial charge in [0, 0.05) is 0 Å². The van der Waals surface area contributed by atoms with Crippen LogP contribution >= 0.6 is 15.8 Å². The Kier molecular flexibility index (Phi) is 23.9. The van der Waals surface area contributed by atoms with Crippen LogP contribution in [0.3, 0.4) is 0 Å². The van der Waals surface area contributed by atoms with Crippen LogP contribution in [0, 0.1) is 6.08 Å². The fourth-order valence-corrected chi connectivity index (χ4v) is 0.340. The molecule has 1 rings (SSSR count). The molecular formula is C11H23P2Ru. The predicted octanol–water partition coefficient (Wildman–Crippen LogP) is 4.02. The summed E-state index contributed by atoms with van der Waals surface area (Å²) in [6, 6.07) is 0. The van der Waals surface area contributed by atoms with Gasteiger partial charge in [-0.3, -0.25) is 6.08 Å². The van der Waals surface area contributed by atoms with E-state index in [2.05, 4.69) is 52.1 Å². The van der Waals surface area contributed by atoms with Gasteiger partial charge in [-0.05, 0) is 40.0 Å². The molecule has 0 spiro atoms. The quantitative estimate of drug-likeness (QED) is 0.359. The molecule has 85 valence electrons. The third-order valence-electron chi connectivity index (χ3n) is 0.586. The van der Waals surface area contributed by atoms with Crippen molar-refractivity contribution in [2.75, 3.05) is 40.0 Å². The largest absolute Gasteiger partial charge is 1.00 e. The summed E-state index contributed by atoms with van der Waals surface area (Å²) >= 11 is 0. The van der Waals surface area contributed by atoms with Gasteiger partial charge in [0.15, 0.2) is 0 Å². The van der Waals surface area contributed by atoms with E-state index in [0.29, 0.717) is 15.8 Å². The molecule has 0 bridgehead atoms. The summed E-state index contributed by atoms with van der Waals surface area (Å²) in [5, 5.41) is 0. The van der Waals surface area contributed by atoms with Crippen molar-refractivity contribution in [1.82, 2.24) is 0 Å². The molecule has 0 unspecified atom stereocenters. The molecule has 0 amide bonds. The molecule has 0 aliphatic heterocycles. The number of hydrogen-bond donors (Lipinski definition) is 0. The van der Waals surface area contributed by atoms with Gasteiger partial charge in [-0.15, -0.1) is 22.3 Å². The summed E-state index contributed by atoms with van der Waals surface area (Å²) in [7, 11) is 0.759. The molecule has 0 fully saturated rings. The Bertz CT molecular complexity index is 119. The standard InChI is InChI=1S/C5H5.2C3H9P.Ru/c1-2-4-5-3-1;2*1-4(2)3;/h1-3H,4H2;2*1-3H3;/q-1;;;+1. The van der Waals surface area contributed by atoms with Gasteiger partial charge in [-0.1, -0.05) is 0 Å². The van der Waals surface area contributed by atoms with E-state index in [9.17, 15) is 0 Å². The normalized spacial score (nSPS) is 11.4.